The Morgan fingerprint density at radius 2 is 2.06 bits per heavy atom. The molecule has 1 aromatic carbocycles. The highest BCUT2D eigenvalue weighted by molar-refractivity contribution is 5.33. The highest BCUT2D eigenvalue weighted by Crippen LogP contribution is 2.18. The van der Waals surface area contributed by atoms with E-state index in [1.807, 2.05) is 0 Å². The lowest BCUT2D eigenvalue weighted by Crippen LogP contribution is -3.14. The first kappa shape index (κ1) is 11.6. The van der Waals surface area contributed by atoms with Crippen molar-refractivity contribution in [2.24, 2.45) is 0 Å². The van der Waals surface area contributed by atoms with Crippen molar-refractivity contribution in [2.45, 2.75) is 33.4 Å². The Morgan fingerprint density at radius 3 is 2.75 bits per heavy atom. The maximum Gasteiger partial charge on any atom is 0.163 e. The number of nitrogens with one attached hydrogen (secondary N) is 1. The smallest absolute Gasteiger partial charge is 0.163 e. The number of benzene rings is 1. The van der Waals surface area contributed by atoms with Crippen molar-refractivity contribution in [3.05, 3.63) is 34.9 Å². The van der Waals surface area contributed by atoms with Crippen LogP contribution in [0.2, 0.25) is 0 Å². The van der Waals surface area contributed by atoms with Crippen LogP contribution in [-0.2, 0) is 6.54 Å². The average Bonchev–Trinajstić information content (AvgIpc) is 2.30. The summed E-state index contributed by atoms with van der Waals surface area (Å²) < 4.78 is 0. The van der Waals surface area contributed by atoms with Crippen LogP contribution in [0.1, 0.15) is 36.6 Å². The molecule has 0 unspecified atom stereocenters. The summed E-state index contributed by atoms with van der Waals surface area (Å²) in [6, 6.07) is 7.67. The van der Waals surface area contributed by atoms with Crippen LogP contribution in [0, 0.1) is 6.92 Å². The van der Waals surface area contributed by atoms with E-state index in [0.717, 1.165) is 6.54 Å². The number of hydrogen-bond acceptors (Lipinski definition) is 0. The van der Waals surface area contributed by atoms with Gasteiger partial charge in [-0.05, 0) is 26.8 Å². The van der Waals surface area contributed by atoms with E-state index in [-0.39, 0.29) is 0 Å². The lowest BCUT2D eigenvalue weighted by molar-refractivity contribution is -0.945. The summed E-state index contributed by atoms with van der Waals surface area (Å²) >= 11 is 0. The molecule has 0 amide bonds. The molecule has 2 rings (SSSR count). The molecule has 0 saturated carbocycles. The third-order valence-electron chi connectivity index (χ3n) is 3.84. The highest BCUT2D eigenvalue weighted by Gasteiger charge is 2.29. The first-order chi connectivity index (χ1) is 7.76. The van der Waals surface area contributed by atoms with Crippen molar-refractivity contribution in [3.63, 3.8) is 0 Å². The van der Waals surface area contributed by atoms with Crippen LogP contribution in [0.15, 0.2) is 18.2 Å². The van der Waals surface area contributed by atoms with E-state index in [4.69, 9.17) is 0 Å². The Hall–Kier alpha value is -0.860. The molecular weight excluding hydrogens is 196 g/mol. The normalized spacial score (nSPS) is 19.9. The predicted molar refractivity (Wildman–Crippen MR) is 66.5 cm³/mol. The zero-order valence-corrected chi connectivity index (χ0v) is 10.7. The Balaban J connectivity index is 2.32. The number of aryl methyl sites for hydroxylation is 1. The fourth-order valence-electron chi connectivity index (χ4n) is 2.91. The molecule has 3 N–H and O–H groups in total. The second-order valence-electron chi connectivity index (χ2n) is 4.85. The average molecular weight is 220 g/mol. The van der Waals surface area contributed by atoms with E-state index >= 15 is 0 Å². The van der Waals surface area contributed by atoms with Gasteiger partial charge in [0.1, 0.15) is 13.1 Å². The molecule has 0 fully saturated rings. The quantitative estimate of drug-likeness (QED) is 0.718. The minimum absolute atomic E-state index is 0.694. The van der Waals surface area contributed by atoms with Crippen molar-refractivity contribution in [3.8, 4) is 0 Å². The number of fused-ring (bicyclic) bond motifs is 1. The van der Waals surface area contributed by atoms with Gasteiger partial charge in [0.15, 0.2) is 6.04 Å². The minimum Gasteiger partial charge on any atom is -0.337 e. The molecule has 1 aliphatic rings. The molecule has 0 saturated heterocycles. The molecule has 1 heterocycles. The van der Waals surface area contributed by atoms with Crippen LogP contribution in [0.4, 0.5) is 0 Å². The second kappa shape index (κ2) is 4.98. The topological polar surface area (TPSA) is 21.1 Å². The minimum atomic E-state index is 0.694. The third kappa shape index (κ3) is 2.13. The fraction of sp³-hybridized carbons (Fsp3) is 0.571. The first-order valence-electron chi connectivity index (χ1n) is 6.52. The Bertz CT molecular complexity index is 356. The van der Waals surface area contributed by atoms with Gasteiger partial charge in [-0.15, -0.1) is 0 Å². The van der Waals surface area contributed by atoms with Gasteiger partial charge >= 0.3 is 0 Å². The largest absolute Gasteiger partial charge is 0.337 e. The Morgan fingerprint density at radius 1 is 1.31 bits per heavy atom. The molecule has 0 aliphatic carbocycles. The monoisotopic (exact) mass is 220 g/mol. The number of likely N-dealkylation sites (N-methyl/N-ethyl adjacent to an activating group) is 1. The third-order valence-corrected chi connectivity index (χ3v) is 3.84. The van der Waals surface area contributed by atoms with Crippen molar-refractivity contribution >= 4 is 0 Å². The molecule has 0 radical (unpaired) electrons. The molecule has 2 nitrogen and oxygen atoms in total. The van der Waals surface area contributed by atoms with Crippen LogP contribution in [0.3, 0.4) is 0 Å². The second-order valence-corrected chi connectivity index (χ2v) is 4.85. The number of rotatable bonds is 3. The maximum absolute atomic E-state index is 2.46. The molecule has 16 heavy (non-hydrogen) atoms. The fourth-order valence-corrected chi connectivity index (χ4v) is 2.91. The summed E-state index contributed by atoms with van der Waals surface area (Å²) in [7, 11) is 0. The molecule has 0 bridgehead atoms. The van der Waals surface area contributed by atoms with E-state index < -0.39 is 0 Å². The van der Waals surface area contributed by atoms with Gasteiger partial charge in [0.2, 0.25) is 0 Å². The zero-order valence-electron chi connectivity index (χ0n) is 10.7. The van der Waals surface area contributed by atoms with Crippen LogP contribution in [-0.4, -0.2) is 19.6 Å². The maximum atomic E-state index is 2.46. The number of quaternary nitrogens is 2. The molecular formula is C14H24N2+2. The SMILES string of the molecule is CC[NH+](CC)[C@@H]1C[NH2+]Cc2cc(C)ccc21. The summed E-state index contributed by atoms with van der Waals surface area (Å²) in [6.45, 7) is 11.6. The Labute approximate surface area is 98.7 Å². The predicted octanol–water partition coefficient (Wildman–Crippen LogP) is 0.0378. The summed E-state index contributed by atoms with van der Waals surface area (Å²) in [6.07, 6.45) is 0. The van der Waals surface area contributed by atoms with Gasteiger partial charge in [0.25, 0.3) is 0 Å². The summed E-state index contributed by atoms with van der Waals surface area (Å²) in [4.78, 5) is 1.71. The van der Waals surface area contributed by atoms with Crippen LogP contribution >= 0.6 is 0 Å². The molecule has 0 aromatic heterocycles. The van der Waals surface area contributed by atoms with Gasteiger partial charge in [0.05, 0.1) is 13.1 Å². The molecule has 0 spiro atoms. The lowest BCUT2D eigenvalue weighted by atomic mass is 9.94. The van der Waals surface area contributed by atoms with Gasteiger partial charge in [0, 0.05) is 11.1 Å². The van der Waals surface area contributed by atoms with Crippen LogP contribution in [0.25, 0.3) is 0 Å². The van der Waals surface area contributed by atoms with E-state index in [2.05, 4.69) is 44.3 Å². The van der Waals surface area contributed by atoms with E-state index in [0.29, 0.717) is 6.04 Å². The summed E-state index contributed by atoms with van der Waals surface area (Å²) in [5, 5.41) is 2.46. The molecule has 88 valence electrons. The summed E-state index contributed by atoms with van der Waals surface area (Å²) in [5.41, 5.74) is 4.53. The van der Waals surface area contributed by atoms with Crippen LogP contribution < -0.4 is 10.2 Å². The van der Waals surface area contributed by atoms with Gasteiger partial charge in [-0.25, -0.2) is 0 Å². The molecule has 1 atom stereocenters. The van der Waals surface area contributed by atoms with Crippen molar-refractivity contribution in [1.82, 2.24) is 0 Å². The number of hydrogen-bond donors (Lipinski definition) is 2. The zero-order chi connectivity index (χ0) is 11.5. The first-order valence-corrected chi connectivity index (χ1v) is 6.52. The van der Waals surface area contributed by atoms with Gasteiger partial charge in [-0.1, -0.05) is 17.7 Å². The van der Waals surface area contributed by atoms with E-state index in [1.54, 1.807) is 16.0 Å². The Kier molecular flexibility index (Phi) is 3.62. The molecule has 1 aromatic rings. The van der Waals surface area contributed by atoms with Crippen molar-refractivity contribution in [1.29, 1.82) is 0 Å². The van der Waals surface area contributed by atoms with E-state index in [1.165, 1.54) is 25.2 Å². The van der Waals surface area contributed by atoms with Crippen LogP contribution in [0.5, 0.6) is 0 Å². The summed E-state index contributed by atoms with van der Waals surface area (Å²) in [5.74, 6) is 0. The highest BCUT2D eigenvalue weighted by atomic mass is 15.2. The van der Waals surface area contributed by atoms with E-state index in [9.17, 15) is 0 Å². The van der Waals surface area contributed by atoms with Gasteiger partial charge in [-0.3, -0.25) is 0 Å². The van der Waals surface area contributed by atoms with Gasteiger partial charge < -0.3 is 10.2 Å². The standard InChI is InChI=1S/C14H22N2/c1-4-16(5-2)14-10-15-9-12-8-11(3)6-7-13(12)14/h6-8,14-15H,4-5,9-10H2,1-3H3/p+2/t14-/m1/s1. The number of nitrogens with two attached hydrogens (primary N) is 1. The lowest BCUT2D eigenvalue weighted by Gasteiger charge is -2.30. The van der Waals surface area contributed by atoms with Gasteiger partial charge in [-0.2, -0.15) is 0 Å². The van der Waals surface area contributed by atoms with Crippen molar-refractivity contribution < 1.29 is 10.2 Å². The molecule has 1 aliphatic heterocycles. The van der Waals surface area contributed by atoms with Crippen molar-refractivity contribution in [2.75, 3.05) is 19.6 Å². The molecule has 2 heteroatoms.